The lowest BCUT2D eigenvalue weighted by molar-refractivity contribution is -0.384. The van der Waals surface area contributed by atoms with Gasteiger partial charge in [-0.1, -0.05) is 18.2 Å². The summed E-state index contributed by atoms with van der Waals surface area (Å²) in [7, 11) is 0. The minimum Gasteiger partial charge on any atom is -0.459 e. The number of non-ortho nitro benzene ring substituents is 1. The highest BCUT2D eigenvalue weighted by Crippen LogP contribution is 2.40. The molecule has 0 amide bonds. The second kappa shape index (κ2) is 8.60. The van der Waals surface area contributed by atoms with Crippen molar-refractivity contribution >= 4 is 23.0 Å². The second-order valence-corrected chi connectivity index (χ2v) is 7.29. The van der Waals surface area contributed by atoms with Crippen LogP contribution in [0.2, 0.25) is 0 Å². The molecule has 30 heavy (non-hydrogen) atoms. The summed E-state index contributed by atoms with van der Waals surface area (Å²) in [5.74, 6) is 1.20. The summed E-state index contributed by atoms with van der Waals surface area (Å²) in [5, 5.41) is 24.3. The van der Waals surface area contributed by atoms with Crippen LogP contribution in [0.5, 0.6) is 0 Å². The normalized spacial score (nSPS) is 18.4. The number of hydrogen-bond donors (Lipinski definition) is 2. The lowest BCUT2D eigenvalue weighted by Gasteiger charge is -2.25. The zero-order valence-corrected chi connectivity index (χ0v) is 16.8. The fourth-order valence-electron chi connectivity index (χ4n) is 3.64. The Bertz CT molecular complexity index is 1060. The first-order valence-electron chi connectivity index (χ1n) is 9.52. The van der Waals surface area contributed by atoms with Crippen LogP contribution >= 0.6 is 12.2 Å². The predicted octanol–water partition coefficient (Wildman–Crippen LogP) is 3.60. The predicted molar refractivity (Wildman–Crippen MR) is 115 cm³/mol. The molecule has 4 rings (SSSR count). The fraction of sp³-hybridized carbons (Fsp3) is 0.238. The SMILES string of the molecule is O=[N+]([O-])c1cccc(-c2ccc([C@H]3[C@H](c4ccccn4)NC(=S)N3CCCO)o2)c1. The van der Waals surface area contributed by atoms with Crippen molar-refractivity contribution in [3.05, 3.63) is 82.4 Å². The van der Waals surface area contributed by atoms with Crippen molar-refractivity contribution in [1.82, 2.24) is 15.2 Å². The number of nitrogens with zero attached hydrogens (tertiary/aromatic N) is 3. The molecule has 1 aliphatic rings. The van der Waals surface area contributed by atoms with E-state index in [-0.39, 0.29) is 24.4 Å². The van der Waals surface area contributed by atoms with Crippen molar-refractivity contribution < 1.29 is 14.4 Å². The monoisotopic (exact) mass is 424 g/mol. The molecule has 2 aromatic heterocycles. The molecule has 1 aromatic carbocycles. The summed E-state index contributed by atoms with van der Waals surface area (Å²) in [6, 6.07) is 15.2. The molecular formula is C21H20N4O4S. The molecule has 0 saturated carbocycles. The van der Waals surface area contributed by atoms with E-state index in [2.05, 4.69) is 10.3 Å². The minimum atomic E-state index is -0.430. The molecule has 154 valence electrons. The number of aliphatic hydroxyl groups excluding tert-OH is 1. The van der Waals surface area contributed by atoms with Gasteiger partial charge in [-0.3, -0.25) is 15.1 Å². The molecule has 1 fully saturated rings. The van der Waals surface area contributed by atoms with Crippen LogP contribution in [0, 0.1) is 10.1 Å². The topological polar surface area (TPSA) is 105 Å². The van der Waals surface area contributed by atoms with E-state index in [0.717, 1.165) is 5.69 Å². The van der Waals surface area contributed by atoms with E-state index < -0.39 is 4.92 Å². The highest BCUT2D eigenvalue weighted by atomic mass is 32.1. The van der Waals surface area contributed by atoms with Crippen molar-refractivity contribution in [3.8, 4) is 11.3 Å². The number of benzene rings is 1. The van der Waals surface area contributed by atoms with Gasteiger partial charge in [0, 0.05) is 37.0 Å². The number of rotatable bonds is 7. The van der Waals surface area contributed by atoms with Crippen LogP contribution in [0.3, 0.4) is 0 Å². The Morgan fingerprint density at radius 3 is 2.83 bits per heavy atom. The molecule has 2 N–H and O–H groups in total. The average Bonchev–Trinajstić information content (AvgIpc) is 3.37. The van der Waals surface area contributed by atoms with Gasteiger partial charge in [0.05, 0.1) is 16.7 Å². The maximum absolute atomic E-state index is 11.1. The maximum atomic E-state index is 11.1. The largest absolute Gasteiger partial charge is 0.459 e. The molecule has 0 radical (unpaired) electrons. The lowest BCUT2D eigenvalue weighted by Crippen LogP contribution is -2.30. The number of thiocarbonyl (C=S) groups is 1. The van der Waals surface area contributed by atoms with E-state index in [9.17, 15) is 15.2 Å². The third-order valence-corrected chi connectivity index (χ3v) is 5.37. The van der Waals surface area contributed by atoms with Crippen molar-refractivity contribution in [3.63, 3.8) is 0 Å². The lowest BCUT2D eigenvalue weighted by atomic mass is 10.0. The van der Waals surface area contributed by atoms with Crippen molar-refractivity contribution in [1.29, 1.82) is 0 Å². The van der Waals surface area contributed by atoms with E-state index >= 15 is 0 Å². The molecule has 0 bridgehead atoms. The maximum Gasteiger partial charge on any atom is 0.270 e. The second-order valence-electron chi connectivity index (χ2n) is 6.91. The Kier molecular flexibility index (Phi) is 5.73. The molecule has 3 heterocycles. The fourth-order valence-corrected chi connectivity index (χ4v) is 3.97. The summed E-state index contributed by atoms with van der Waals surface area (Å²) in [6.45, 7) is 0.611. The number of hydrogen-bond acceptors (Lipinski definition) is 6. The van der Waals surface area contributed by atoms with Crippen LogP contribution in [0.15, 0.2) is 65.2 Å². The minimum absolute atomic E-state index is 0.00472. The van der Waals surface area contributed by atoms with Crippen LogP contribution < -0.4 is 5.32 Å². The third-order valence-electron chi connectivity index (χ3n) is 5.01. The van der Waals surface area contributed by atoms with Gasteiger partial charge in [-0.2, -0.15) is 0 Å². The molecule has 1 aliphatic heterocycles. The number of aliphatic hydroxyl groups is 1. The Hall–Kier alpha value is -3.30. The summed E-state index contributed by atoms with van der Waals surface area (Å²) in [4.78, 5) is 17.1. The number of pyridine rings is 1. The molecule has 1 saturated heterocycles. The smallest absolute Gasteiger partial charge is 0.270 e. The molecule has 0 spiro atoms. The Labute approximate surface area is 178 Å². The van der Waals surface area contributed by atoms with E-state index in [0.29, 0.717) is 35.2 Å². The van der Waals surface area contributed by atoms with Gasteiger partial charge in [0.2, 0.25) is 0 Å². The van der Waals surface area contributed by atoms with Crippen molar-refractivity contribution in [2.75, 3.05) is 13.2 Å². The summed E-state index contributed by atoms with van der Waals surface area (Å²) in [6.07, 6.45) is 2.29. The first kappa shape index (κ1) is 20.0. The Morgan fingerprint density at radius 2 is 2.10 bits per heavy atom. The van der Waals surface area contributed by atoms with Crippen LogP contribution in [-0.2, 0) is 0 Å². The Morgan fingerprint density at radius 1 is 1.23 bits per heavy atom. The summed E-state index contributed by atoms with van der Waals surface area (Å²) in [5.41, 5.74) is 1.45. The van der Waals surface area contributed by atoms with Crippen LogP contribution in [-0.4, -0.2) is 38.2 Å². The molecule has 2 atom stereocenters. The van der Waals surface area contributed by atoms with Gasteiger partial charge < -0.3 is 19.7 Å². The number of furan rings is 1. The van der Waals surface area contributed by atoms with Gasteiger partial charge in [0.15, 0.2) is 5.11 Å². The van der Waals surface area contributed by atoms with Crippen molar-refractivity contribution in [2.24, 2.45) is 0 Å². The van der Waals surface area contributed by atoms with Gasteiger partial charge in [-0.15, -0.1) is 0 Å². The quantitative estimate of drug-likeness (QED) is 0.337. The first-order chi connectivity index (χ1) is 14.6. The first-order valence-corrected chi connectivity index (χ1v) is 9.93. The molecule has 0 aliphatic carbocycles. The standard InChI is InChI=1S/C21H20N4O4S/c26-12-4-11-24-20(19(23-21(24)30)16-7-1-2-10-22-16)18-9-8-17(29-18)14-5-3-6-15(13-14)25(27)28/h1-3,5-10,13,19-20,26H,4,11-12H2,(H,23,30)/t19-,20-/m0/s1. The van der Waals surface area contributed by atoms with Gasteiger partial charge in [-0.05, 0) is 42.9 Å². The number of nitrogens with one attached hydrogen (secondary N) is 1. The summed E-state index contributed by atoms with van der Waals surface area (Å²) >= 11 is 5.54. The van der Waals surface area contributed by atoms with Gasteiger partial charge in [0.1, 0.15) is 17.6 Å². The Balaban J connectivity index is 1.71. The molecule has 8 nitrogen and oxygen atoms in total. The van der Waals surface area contributed by atoms with Crippen LogP contribution in [0.1, 0.15) is 30.0 Å². The van der Waals surface area contributed by atoms with E-state index in [1.165, 1.54) is 12.1 Å². The van der Waals surface area contributed by atoms with Crippen molar-refractivity contribution in [2.45, 2.75) is 18.5 Å². The van der Waals surface area contributed by atoms with Gasteiger partial charge >= 0.3 is 0 Å². The molecular weight excluding hydrogens is 404 g/mol. The van der Waals surface area contributed by atoms with E-state index in [1.807, 2.05) is 29.2 Å². The van der Waals surface area contributed by atoms with Crippen LogP contribution in [0.4, 0.5) is 5.69 Å². The van der Waals surface area contributed by atoms with E-state index in [4.69, 9.17) is 16.6 Å². The van der Waals surface area contributed by atoms with Crippen LogP contribution in [0.25, 0.3) is 11.3 Å². The highest BCUT2D eigenvalue weighted by Gasteiger charge is 2.41. The zero-order valence-electron chi connectivity index (χ0n) is 16.0. The van der Waals surface area contributed by atoms with Gasteiger partial charge in [-0.25, -0.2) is 0 Å². The number of nitro groups is 1. The van der Waals surface area contributed by atoms with Gasteiger partial charge in [0.25, 0.3) is 5.69 Å². The average molecular weight is 424 g/mol. The molecule has 9 heteroatoms. The highest BCUT2D eigenvalue weighted by molar-refractivity contribution is 7.80. The number of aromatic nitrogens is 1. The van der Waals surface area contributed by atoms with E-state index in [1.54, 1.807) is 24.4 Å². The summed E-state index contributed by atoms with van der Waals surface area (Å²) < 4.78 is 6.14. The number of nitro benzene ring substituents is 1. The molecule has 3 aromatic rings. The molecule has 0 unspecified atom stereocenters. The third kappa shape index (κ3) is 3.89. The zero-order chi connectivity index (χ0) is 21.1.